The molecule has 1 aliphatic heterocycles. The number of likely N-dealkylation sites (tertiary alicyclic amines) is 1. The molecule has 2 N–H and O–H groups in total. The highest BCUT2D eigenvalue weighted by atomic mass is 16.5. The van der Waals surface area contributed by atoms with Crippen LogP contribution in [0.3, 0.4) is 0 Å². The Balaban J connectivity index is 2.07. The molecule has 0 bridgehead atoms. The Kier molecular flexibility index (Phi) is 4.92. The lowest BCUT2D eigenvalue weighted by molar-refractivity contribution is 0.219. The Morgan fingerprint density at radius 1 is 1.30 bits per heavy atom. The molecule has 1 heterocycles. The second-order valence-corrected chi connectivity index (χ2v) is 6.21. The van der Waals surface area contributed by atoms with E-state index in [1.54, 1.807) is 7.11 Å². The third kappa shape index (κ3) is 3.45. The van der Waals surface area contributed by atoms with Gasteiger partial charge in [-0.2, -0.15) is 0 Å². The number of nitrogens with zero attached hydrogens (tertiary/aromatic N) is 1. The lowest BCUT2D eigenvalue weighted by Gasteiger charge is -2.33. The fourth-order valence-corrected chi connectivity index (χ4v) is 3.19. The summed E-state index contributed by atoms with van der Waals surface area (Å²) in [6.07, 6.45) is 2.45. The zero-order valence-electron chi connectivity index (χ0n) is 13.2. The van der Waals surface area contributed by atoms with Crippen LogP contribution >= 0.6 is 0 Å². The van der Waals surface area contributed by atoms with Crippen LogP contribution in [0.15, 0.2) is 12.1 Å². The van der Waals surface area contributed by atoms with Gasteiger partial charge in [0.1, 0.15) is 5.75 Å². The van der Waals surface area contributed by atoms with Crippen molar-refractivity contribution in [2.24, 2.45) is 0 Å². The molecule has 1 radical (unpaired) electrons. The van der Waals surface area contributed by atoms with Crippen molar-refractivity contribution < 1.29 is 4.74 Å². The monoisotopic (exact) mass is 275 g/mol. The SMILES string of the molecule is COc1cc(C2CCN(C[C](C)C)CC2)c(C)cc1N. The highest BCUT2D eigenvalue weighted by Crippen LogP contribution is 2.35. The number of ether oxygens (including phenoxy) is 1. The summed E-state index contributed by atoms with van der Waals surface area (Å²) in [5.74, 6) is 2.94. The molecule has 0 atom stereocenters. The highest BCUT2D eigenvalue weighted by Gasteiger charge is 2.23. The molecule has 0 spiro atoms. The van der Waals surface area contributed by atoms with Crippen LogP contribution < -0.4 is 10.5 Å². The van der Waals surface area contributed by atoms with E-state index in [1.807, 2.05) is 6.07 Å². The Labute approximate surface area is 123 Å². The first-order valence-corrected chi connectivity index (χ1v) is 7.46. The zero-order chi connectivity index (χ0) is 14.7. The Morgan fingerprint density at radius 2 is 1.95 bits per heavy atom. The van der Waals surface area contributed by atoms with Gasteiger partial charge in [-0.05, 0) is 68.0 Å². The van der Waals surface area contributed by atoms with Crippen LogP contribution in [-0.2, 0) is 0 Å². The average molecular weight is 275 g/mol. The van der Waals surface area contributed by atoms with Crippen molar-refractivity contribution in [2.75, 3.05) is 32.5 Å². The van der Waals surface area contributed by atoms with Crippen molar-refractivity contribution in [3.8, 4) is 5.75 Å². The molecule has 20 heavy (non-hydrogen) atoms. The second-order valence-electron chi connectivity index (χ2n) is 6.21. The van der Waals surface area contributed by atoms with Crippen LogP contribution in [-0.4, -0.2) is 31.6 Å². The number of piperidine rings is 1. The first-order chi connectivity index (χ1) is 9.51. The minimum absolute atomic E-state index is 0.637. The molecule has 2 rings (SSSR count). The van der Waals surface area contributed by atoms with E-state index in [-0.39, 0.29) is 0 Å². The predicted octanol–water partition coefficient (Wildman–Crippen LogP) is 3.38. The molecule has 1 fully saturated rings. The first kappa shape index (κ1) is 15.2. The summed E-state index contributed by atoms with van der Waals surface area (Å²) in [6, 6.07) is 4.19. The summed E-state index contributed by atoms with van der Waals surface area (Å²) < 4.78 is 5.37. The van der Waals surface area contributed by atoms with Gasteiger partial charge in [-0.25, -0.2) is 0 Å². The number of nitrogens with two attached hydrogens (primary N) is 1. The maximum Gasteiger partial charge on any atom is 0.142 e. The molecular formula is C17H27N2O. The topological polar surface area (TPSA) is 38.5 Å². The lowest BCUT2D eigenvalue weighted by Crippen LogP contribution is -2.35. The quantitative estimate of drug-likeness (QED) is 0.856. The van der Waals surface area contributed by atoms with Gasteiger partial charge in [0.2, 0.25) is 0 Å². The maximum atomic E-state index is 5.97. The van der Waals surface area contributed by atoms with E-state index in [0.29, 0.717) is 5.92 Å². The van der Waals surface area contributed by atoms with Gasteiger partial charge >= 0.3 is 0 Å². The van der Waals surface area contributed by atoms with Gasteiger partial charge in [-0.3, -0.25) is 0 Å². The number of hydrogen-bond donors (Lipinski definition) is 1. The average Bonchev–Trinajstić information content (AvgIpc) is 2.39. The molecule has 1 aromatic rings. The Hall–Kier alpha value is -1.22. The van der Waals surface area contributed by atoms with E-state index in [2.05, 4.69) is 31.7 Å². The predicted molar refractivity (Wildman–Crippen MR) is 85.1 cm³/mol. The third-order valence-corrected chi connectivity index (χ3v) is 4.19. The van der Waals surface area contributed by atoms with Gasteiger partial charge in [0, 0.05) is 6.54 Å². The number of hydrogen-bond acceptors (Lipinski definition) is 3. The highest BCUT2D eigenvalue weighted by molar-refractivity contribution is 5.57. The minimum atomic E-state index is 0.637. The minimum Gasteiger partial charge on any atom is -0.495 e. The summed E-state index contributed by atoms with van der Waals surface area (Å²) in [5, 5.41) is 0. The molecule has 1 aromatic carbocycles. The molecule has 1 aliphatic rings. The molecule has 3 nitrogen and oxygen atoms in total. The fraction of sp³-hybridized carbons (Fsp3) is 0.588. The standard InChI is InChI=1S/C17H27N2O/c1-12(2)11-19-7-5-14(6-8-19)15-10-17(20-4)16(18)9-13(15)3/h9-10,14H,5-8,11,18H2,1-4H3. The zero-order valence-corrected chi connectivity index (χ0v) is 13.2. The van der Waals surface area contributed by atoms with Crippen molar-refractivity contribution in [1.82, 2.24) is 4.90 Å². The largest absolute Gasteiger partial charge is 0.495 e. The molecule has 1 saturated heterocycles. The van der Waals surface area contributed by atoms with E-state index in [4.69, 9.17) is 10.5 Å². The summed E-state index contributed by atoms with van der Waals surface area (Å²) in [5.41, 5.74) is 9.41. The number of rotatable bonds is 4. The van der Waals surface area contributed by atoms with Crippen molar-refractivity contribution in [2.45, 2.75) is 39.5 Å². The van der Waals surface area contributed by atoms with Crippen molar-refractivity contribution >= 4 is 5.69 Å². The summed E-state index contributed by atoms with van der Waals surface area (Å²) in [6.45, 7) is 10.1. The molecule has 3 heteroatoms. The number of anilines is 1. The van der Waals surface area contributed by atoms with Crippen LogP contribution in [0, 0.1) is 12.8 Å². The fourth-order valence-electron chi connectivity index (χ4n) is 3.19. The molecule has 0 aromatic heterocycles. The van der Waals surface area contributed by atoms with Gasteiger partial charge in [0.05, 0.1) is 12.8 Å². The summed E-state index contributed by atoms with van der Waals surface area (Å²) >= 11 is 0. The Bertz CT molecular complexity index is 449. The Morgan fingerprint density at radius 3 is 2.50 bits per heavy atom. The van der Waals surface area contributed by atoms with Crippen LogP contribution in [0.4, 0.5) is 5.69 Å². The van der Waals surface area contributed by atoms with Crippen LogP contribution in [0.1, 0.15) is 43.7 Å². The molecule has 0 amide bonds. The van der Waals surface area contributed by atoms with Crippen LogP contribution in [0.2, 0.25) is 0 Å². The second kappa shape index (κ2) is 6.49. The number of nitrogen functional groups attached to an aromatic ring is 1. The molecule has 0 unspecified atom stereocenters. The normalized spacial score (nSPS) is 17.6. The van der Waals surface area contributed by atoms with Gasteiger partial charge in [0.15, 0.2) is 0 Å². The lowest BCUT2D eigenvalue weighted by atomic mass is 9.86. The van der Waals surface area contributed by atoms with E-state index in [9.17, 15) is 0 Å². The van der Waals surface area contributed by atoms with Gasteiger partial charge in [-0.15, -0.1) is 0 Å². The maximum absolute atomic E-state index is 5.97. The first-order valence-electron chi connectivity index (χ1n) is 7.46. The van der Waals surface area contributed by atoms with Gasteiger partial charge < -0.3 is 15.4 Å². The van der Waals surface area contributed by atoms with Crippen LogP contribution in [0.5, 0.6) is 5.75 Å². The molecular weight excluding hydrogens is 248 g/mol. The number of benzene rings is 1. The van der Waals surface area contributed by atoms with E-state index in [0.717, 1.165) is 18.0 Å². The third-order valence-electron chi connectivity index (χ3n) is 4.19. The van der Waals surface area contributed by atoms with Crippen molar-refractivity contribution in [3.63, 3.8) is 0 Å². The van der Waals surface area contributed by atoms with E-state index < -0.39 is 0 Å². The van der Waals surface area contributed by atoms with Crippen molar-refractivity contribution in [3.05, 3.63) is 29.2 Å². The summed E-state index contributed by atoms with van der Waals surface area (Å²) in [7, 11) is 1.69. The molecule has 111 valence electrons. The van der Waals surface area contributed by atoms with E-state index >= 15 is 0 Å². The van der Waals surface area contributed by atoms with Crippen molar-refractivity contribution in [1.29, 1.82) is 0 Å². The van der Waals surface area contributed by atoms with Gasteiger partial charge in [-0.1, -0.05) is 13.8 Å². The number of aryl methyl sites for hydroxylation is 1. The van der Waals surface area contributed by atoms with E-state index in [1.165, 1.54) is 43.0 Å². The van der Waals surface area contributed by atoms with Gasteiger partial charge in [0.25, 0.3) is 0 Å². The smallest absolute Gasteiger partial charge is 0.142 e. The summed E-state index contributed by atoms with van der Waals surface area (Å²) in [4.78, 5) is 2.55. The molecule has 0 aliphatic carbocycles. The van der Waals surface area contributed by atoms with Crippen LogP contribution in [0.25, 0.3) is 0 Å². The molecule has 0 saturated carbocycles. The number of methoxy groups -OCH3 is 1.